The largest absolute Gasteiger partial charge is 0.473 e. The molecule has 0 fully saturated rings. The van der Waals surface area contributed by atoms with E-state index in [0.29, 0.717) is 12.5 Å². The molecule has 1 N–H and O–H groups in total. The zero-order valence-electron chi connectivity index (χ0n) is 4.37. The maximum Gasteiger partial charge on any atom is 0.178 e. The molecular formula is C5H7NO2. The standard InChI is InChI=1S/C5H7NO2/c7-3-5-1-2-6-4-8-5/h1-2,7H,3-4H2. The van der Waals surface area contributed by atoms with Gasteiger partial charge in [-0.2, -0.15) is 0 Å². The first-order chi connectivity index (χ1) is 3.93. The normalized spacial score (nSPS) is 17.4. The van der Waals surface area contributed by atoms with Crippen molar-refractivity contribution in [2.24, 2.45) is 4.99 Å². The number of aliphatic hydroxyl groups is 1. The number of rotatable bonds is 1. The second-order valence-corrected chi connectivity index (χ2v) is 1.40. The SMILES string of the molecule is OCC1=CC=NCO1. The number of ether oxygens (including phenoxy) is 1. The summed E-state index contributed by atoms with van der Waals surface area (Å²) in [5.74, 6) is 0.583. The highest BCUT2D eigenvalue weighted by Crippen LogP contribution is 1.97. The Hall–Kier alpha value is -0.830. The van der Waals surface area contributed by atoms with Crippen LogP contribution in [0.15, 0.2) is 16.8 Å². The van der Waals surface area contributed by atoms with Crippen LogP contribution >= 0.6 is 0 Å². The molecule has 0 bridgehead atoms. The average Bonchev–Trinajstić information content (AvgIpc) is 1.90. The minimum Gasteiger partial charge on any atom is -0.473 e. The first-order valence-corrected chi connectivity index (χ1v) is 2.36. The molecule has 0 aromatic heterocycles. The molecule has 1 heterocycles. The molecule has 0 saturated carbocycles. The maximum absolute atomic E-state index is 8.44. The van der Waals surface area contributed by atoms with Crippen LogP contribution in [0.5, 0.6) is 0 Å². The van der Waals surface area contributed by atoms with Crippen molar-refractivity contribution in [3.05, 3.63) is 11.8 Å². The number of hydrogen-bond acceptors (Lipinski definition) is 3. The van der Waals surface area contributed by atoms with Crippen molar-refractivity contribution in [1.29, 1.82) is 0 Å². The van der Waals surface area contributed by atoms with Gasteiger partial charge in [0.25, 0.3) is 0 Å². The van der Waals surface area contributed by atoms with Crippen molar-refractivity contribution in [1.82, 2.24) is 0 Å². The van der Waals surface area contributed by atoms with Crippen LogP contribution in [0.1, 0.15) is 0 Å². The summed E-state index contributed by atoms with van der Waals surface area (Å²) in [4.78, 5) is 3.74. The Morgan fingerprint density at radius 1 is 1.88 bits per heavy atom. The Kier molecular flexibility index (Phi) is 1.64. The third-order valence-electron chi connectivity index (χ3n) is 0.846. The average molecular weight is 113 g/mol. The van der Waals surface area contributed by atoms with Crippen molar-refractivity contribution >= 4 is 6.21 Å². The lowest BCUT2D eigenvalue weighted by atomic mass is 10.4. The quantitative estimate of drug-likeness (QED) is 0.516. The second kappa shape index (κ2) is 2.47. The van der Waals surface area contributed by atoms with Gasteiger partial charge < -0.3 is 9.84 Å². The Morgan fingerprint density at radius 3 is 3.12 bits per heavy atom. The predicted molar refractivity (Wildman–Crippen MR) is 29.6 cm³/mol. The highest BCUT2D eigenvalue weighted by atomic mass is 16.5. The monoisotopic (exact) mass is 113 g/mol. The molecule has 0 spiro atoms. The van der Waals surface area contributed by atoms with E-state index in [0.717, 1.165) is 0 Å². The molecule has 0 aromatic rings. The van der Waals surface area contributed by atoms with E-state index in [1.54, 1.807) is 12.3 Å². The van der Waals surface area contributed by atoms with Gasteiger partial charge in [-0.15, -0.1) is 0 Å². The van der Waals surface area contributed by atoms with Gasteiger partial charge in [-0.25, -0.2) is 0 Å². The van der Waals surface area contributed by atoms with Gasteiger partial charge in [0, 0.05) is 6.21 Å². The second-order valence-electron chi connectivity index (χ2n) is 1.40. The molecule has 0 unspecified atom stereocenters. The van der Waals surface area contributed by atoms with Crippen LogP contribution in [0.25, 0.3) is 0 Å². The predicted octanol–water partition coefficient (Wildman–Crippen LogP) is -0.0789. The van der Waals surface area contributed by atoms with Crippen LogP contribution in [0.4, 0.5) is 0 Å². The number of allylic oxidation sites excluding steroid dienone is 1. The summed E-state index contributed by atoms with van der Waals surface area (Å²) in [5.41, 5.74) is 0. The fourth-order valence-corrected chi connectivity index (χ4v) is 0.446. The van der Waals surface area contributed by atoms with Crippen LogP contribution in [0.3, 0.4) is 0 Å². The summed E-state index contributed by atoms with van der Waals surface area (Å²) in [6, 6.07) is 0. The topological polar surface area (TPSA) is 41.8 Å². The van der Waals surface area contributed by atoms with E-state index in [-0.39, 0.29) is 6.61 Å². The molecule has 0 saturated heterocycles. The molecular weight excluding hydrogens is 106 g/mol. The highest BCUT2D eigenvalue weighted by molar-refractivity contribution is 5.72. The smallest absolute Gasteiger partial charge is 0.178 e. The summed E-state index contributed by atoms with van der Waals surface area (Å²) in [6.07, 6.45) is 3.26. The summed E-state index contributed by atoms with van der Waals surface area (Å²) < 4.78 is 4.84. The summed E-state index contributed by atoms with van der Waals surface area (Å²) in [7, 11) is 0. The zero-order chi connectivity index (χ0) is 5.82. The molecule has 3 nitrogen and oxygen atoms in total. The van der Waals surface area contributed by atoms with Gasteiger partial charge in [0.05, 0.1) is 0 Å². The zero-order valence-corrected chi connectivity index (χ0v) is 4.37. The molecule has 0 aromatic carbocycles. The van der Waals surface area contributed by atoms with Crippen molar-refractivity contribution in [2.45, 2.75) is 0 Å². The van der Waals surface area contributed by atoms with E-state index >= 15 is 0 Å². The molecule has 0 amide bonds. The lowest BCUT2D eigenvalue weighted by molar-refractivity contribution is 0.165. The molecule has 1 aliphatic heterocycles. The molecule has 0 aliphatic carbocycles. The van der Waals surface area contributed by atoms with Crippen LogP contribution < -0.4 is 0 Å². The number of hydrogen-bond donors (Lipinski definition) is 1. The lowest BCUT2D eigenvalue weighted by Gasteiger charge is -2.06. The van der Waals surface area contributed by atoms with E-state index < -0.39 is 0 Å². The van der Waals surface area contributed by atoms with E-state index in [9.17, 15) is 0 Å². The Morgan fingerprint density at radius 2 is 2.75 bits per heavy atom. The molecule has 0 radical (unpaired) electrons. The first kappa shape index (κ1) is 5.31. The van der Waals surface area contributed by atoms with Gasteiger partial charge >= 0.3 is 0 Å². The number of aliphatic imine (C=N–C) groups is 1. The summed E-state index contributed by atoms with van der Waals surface area (Å²) >= 11 is 0. The van der Waals surface area contributed by atoms with Crippen LogP contribution in [-0.4, -0.2) is 24.7 Å². The minimum absolute atomic E-state index is 0.0357. The Balaban J connectivity index is 2.50. The van der Waals surface area contributed by atoms with Gasteiger partial charge in [0.2, 0.25) is 0 Å². The Labute approximate surface area is 47.3 Å². The van der Waals surface area contributed by atoms with Crippen LogP contribution in [0.2, 0.25) is 0 Å². The third-order valence-corrected chi connectivity index (χ3v) is 0.846. The number of aliphatic hydroxyl groups excluding tert-OH is 1. The van der Waals surface area contributed by atoms with E-state index in [1.165, 1.54) is 0 Å². The Bertz CT molecular complexity index is 128. The van der Waals surface area contributed by atoms with Crippen molar-refractivity contribution in [3.8, 4) is 0 Å². The van der Waals surface area contributed by atoms with Crippen LogP contribution in [0, 0.1) is 0 Å². The molecule has 1 rings (SSSR count). The minimum atomic E-state index is -0.0357. The number of nitrogens with zero attached hydrogens (tertiary/aromatic N) is 1. The van der Waals surface area contributed by atoms with E-state index in [4.69, 9.17) is 9.84 Å². The van der Waals surface area contributed by atoms with Gasteiger partial charge in [0.15, 0.2) is 6.73 Å². The van der Waals surface area contributed by atoms with E-state index in [2.05, 4.69) is 4.99 Å². The first-order valence-electron chi connectivity index (χ1n) is 2.36. The molecule has 0 atom stereocenters. The van der Waals surface area contributed by atoms with Gasteiger partial charge in [0.1, 0.15) is 12.4 Å². The summed E-state index contributed by atoms with van der Waals surface area (Å²) in [5, 5.41) is 8.44. The molecule has 44 valence electrons. The van der Waals surface area contributed by atoms with Crippen LogP contribution in [-0.2, 0) is 4.74 Å². The maximum atomic E-state index is 8.44. The molecule has 3 heteroatoms. The summed E-state index contributed by atoms with van der Waals surface area (Å²) in [6.45, 7) is 0.304. The van der Waals surface area contributed by atoms with Gasteiger partial charge in [-0.05, 0) is 6.08 Å². The third kappa shape index (κ3) is 1.07. The van der Waals surface area contributed by atoms with Crippen molar-refractivity contribution in [2.75, 3.05) is 13.3 Å². The van der Waals surface area contributed by atoms with Crippen molar-refractivity contribution < 1.29 is 9.84 Å². The van der Waals surface area contributed by atoms with Gasteiger partial charge in [-0.3, -0.25) is 4.99 Å². The van der Waals surface area contributed by atoms with Crippen molar-refractivity contribution in [3.63, 3.8) is 0 Å². The fraction of sp³-hybridized carbons (Fsp3) is 0.400. The van der Waals surface area contributed by atoms with E-state index in [1.807, 2.05) is 0 Å². The molecule has 8 heavy (non-hydrogen) atoms. The fourth-order valence-electron chi connectivity index (χ4n) is 0.446. The highest BCUT2D eigenvalue weighted by Gasteiger charge is 1.95. The molecule has 1 aliphatic rings. The van der Waals surface area contributed by atoms with Gasteiger partial charge in [-0.1, -0.05) is 0 Å². The lowest BCUT2D eigenvalue weighted by Crippen LogP contribution is -2.01.